The molecule has 1 spiro atoms. The second-order valence-corrected chi connectivity index (χ2v) is 12.5. The molecule has 0 atom stereocenters. The second-order valence-electron chi connectivity index (χ2n) is 10.6. The van der Waals surface area contributed by atoms with Crippen molar-refractivity contribution >= 4 is 50.8 Å². The SMILES string of the molecule is CC(C)NCCOc1ncc(-c2cc3c4c(cnc3cc2F)N(C)C(=O)C42CCC2)cc1NS(=O)(=O)N(C)C.Cl. The van der Waals surface area contributed by atoms with Gasteiger partial charge < -0.3 is 15.0 Å². The summed E-state index contributed by atoms with van der Waals surface area (Å²) in [5, 5.41) is 3.93. The molecule has 2 aromatic heterocycles. The van der Waals surface area contributed by atoms with Crippen molar-refractivity contribution in [2.24, 2.45) is 0 Å². The van der Waals surface area contributed by atoms with Crippen molar-refractivity contribution in [2.75, 3.05) is 43.9 Å². The molecular formula is C27H34ClFN6O4S. The largest absolute Gasteiger partial charge is 0.475 e. The molecule has 1 aliphatic heterocycles. The molecule has 0 unspecified atom stereocenters. The Hall–Kier alpha value is -3.06. The topological polar surface area (TPSA) is 117 Å². The number of nitrogens with one attached hydrogen (secondary N) is 2. The Bertz CT molecular complexity index is 1560. The average molecular weight is 593 g/mol. The van der Waals surface area contributed by atoms with Gasteiger partial charge in [0, 0.05) is 68.1 Å². The third kappa shape index (κ3) is 5.09. The van der Waals surface area contributed by atoms with Crippen LogP contribution in [-0.2, 0) is 20.4 Å². The zero-order chi connectivity index (χ0) is 28.1. The van der Waals surface area contributed by atoms with Crippen molar-refractivity contribution in [3.63, 3.8) is 0 Å². The van der Waals surface area contributed by atoms with Crippen LogP contribution in [0.15, 0.2) is 30.6 Å². The lowest BCUT2D eigenvalue weighted by molar-refractivity contribution is -0.125. The van der Waals surface area contributed by atoms with Gasteiger partial charge in [0.15, 0.2) is 0 Å². The van der Waals surface area contributed by atoms with Crippen molar-refractivity contribution in [1.29, 1.82) is 0 Å². The Balaban J connectivity index is 0.00000370. The first-order valence-corrected chi connectivity index (χ1v) is 14.4. The summed E-state index contributed by atoms with van der Waals surface area (Å²) >= 11 is 0. The van der Waals surface area contributed by atoms with E-state index in [1.807, 2.05) is 13.8 Å². The van der Waals surface area contributed by atoms with Crippen LogP contribution in [0, 0.1) is 5.82 Å². The number of rotatable bonds is 9. The summed E-state index contributed by atoms with van der Waals surface area (Å²) in [6, 6.07) is 4.82. The quantitative estimate of drug-likeness (QED) is 0.363. The van der Waals surface area contributed by atoms with Crippen LogP contribution < -0.4 is 19.7 Å². The summed E-state index contributed by atoms with van der Waals surface area (Å²) in [4.78, 5) is 23.6. The molecule has 1 fully saturated rings. The first-order chi connectivity index (χ1) is 18.4. The zero-order valence-corrected chi connectivity index (χ0v) is 24.7. The minimum Gasteiger partial charge on any atom is -0.475 e. The molecule has 3 aromatic rings. The summed E-state index contributed by atoms with van der Waals surface area (Å²) in [5.74, 6) is -0.410. The molecule has 3 heterocycles. The van der Waals surface area contributed by atoms with E-state index in [1.165, 1.54) is 32.4 Å². The highest BCUT2D eigenvalue weighted by atomic mass is 35.5. The molecule has 1 saturated carbocycles. The van der Waals surface area contributed by atoms with Gasteiger partial charge in [0.25, 0.3) is 0 Å². The maximum atomic E-state index is 15.5. The highest BCUT2D eigenvalue weighted by Crippen LogP contribution is 2.55. The van der Waals surface area contributed by atoms with Gasteiger partial charge in [-0.25, -0.2) is 9.37 Å². The van der Waals surface area contributed by atoms with Crippen molar-refractivity contribution in [3.05, 3.63) is 42.0 Å². The van der Waals surface area contributed by atoms with E-state index in [4.69, 9.17) is 4.74 Å². The maximum Gasteiger partial charge on any atom is 0.301 e. The van der Waals surface area contributed by atoms with Crippen molar-refractivity contribution < 1.29 is 22.3 Å². The van der Waals surface area contributed by atoms with Crippen LogP contribution in [0.5, 0.6) is 5.88 Å². The predicted octanol–water partition coefficient (Wildman–Crippen LogP) is 3.85. The van der Waals surface area contributed by atoms with Crippen LogP contribution in [-0.4, -0.2) is 68.9 Å². The molecule has 2 N–H and O–H groups in total. The molecule has 10 nitrogen and oxygen atoms in total. The monoisotopic (exact) mass is 592 g/mol. The van der Waals surface area contributed by atoms with E-state index in [9.17, 15) is 13.2 Å². The first kappa shape index (κ1) is 29.9. The standard InChI is InChI=1S/C27H33FN6O4S.ClH/c1-16(2)29-9-10-38-25-22(32-39(36,37)33(3)4)11-17(14-31-25)18-12-19-21(13-20(18)28)30-15-23-24(19)27(7-6-8-27)26(35)34(23)5;/h11-16,29,32H,6-10H2,1-5H3;1H. The van der Waals surface area contributed by atoms with E-state index in [2.05, 4.69) is 20.0 Å². The van der Waals surface area contributed by atoms with Gasteiger partial charge in [-0.2, -0.15) is 12.7 Å². The van der Waals surface area contributed by atoms with Gasteiger partial charge in [0.05, 0.1) is 22.8 Å². The number of ether oxygens (including phenoxy) is 1. The van der Waals surface area contributed by atoms with Gasteiger partial charge in [0.2, 0.25) is 11.8 Å². The summed E-state index contributed by atoms with van der Waals surface area (Å²) in [6.45, 7) is 4.81. The number of likely N-dealkylation sites (N-methyl/N-ethyl adjacent to an activating group) is 1. The molecule has 1 amide bonds. The number of carbonyl (C=O) groups is 1. The van der Waals surface area contributed by atoms with E-state index >= 15 is 4.39 Å². The fraction of sp³-hybridized carbons (Fsp3) is 0.444. The molecule has 1 aromatic carbocycles. The van der Waals surface area contributed by atoms with E-state index in [0.717, 1.165) is 34.8 Å². The fourth-order valence-electron chi connectivity index (χ4n) is 5.23. The van der Waals surface area contributed by atoms with Crippen LogP contribution >= 0.6 is 12.4 Å². The number of nitrogens with zero attached hydrogens (tertiary/aromatic N) is 4. The van der Waals surface area contributed by atoms with Gasteiger partial charge >= 0.3 is 10.2 Å². The normalized spacial score (nSPS) is 15.9. The third-order valence-electron chi connectivity index (χ3n) is 7.47. The van der Waals surface area contributed by atoms with Crippen LogP contribution in [0.1, 0.15) is 38.7 Å². The van der Waals surface area contributed by atoms with Gasteiger partial charge in [-0.1, -0.05) is 20.3 Å². The Morgan fingerprint density at radius 3 is 2.52 bits per heavy atom. The number of aromatic nitrogens is 2. The number of amides is 1. The summed E-state index contributed by atoms with van der Waals surface area (Å²) < 4.78 is 50.1. The number of fused-ring (bicyclic) bond motifs is 4. The van der Waals surface area contributed by atoms with E-state index in [-0.39, 0.29) is 48.1 Å². The highest BCUT2D eigenvalue weighted by Gasteiger charge is 2.54. The maximum absolute atomic E-state index is 15.5. The molecule has 2 aliphatic rings. The van der Waals surface area contributed by atoms with Crippen molar-refractivity contribution in [3.8, 4) is 17.0 Å². The number of carbonyl (C=O) groups excluding carboxylic acids is 1. The van der Waals surface area contributed by atoms with Crippen LogP contribution in [0.4, 0.5) is 15.8 Å². The Morgan fingerprint density at radius 1 is 1.18 bits per heavy atom. The summed E-state index contributed by atoms with van der Waals surface area (Å²) in [5.41, 5.74) is 2.15. The van der Waals surface area contributed by atoms with Crippen LogP contribution in [0.2, 0.25) is 0 Å². The van der Waals surface area contributed by atoms with Gasteiger partial charge in [-0.3, -0.25) is 14.5 Å². The molecule has 0 radical (unpaired) electrons. The molecule has 0 saturated heterocycles. The Labute approximate surface area is 239 Å². The second kappa shape index (κ2) is 11.1. The number of pyridine rings is 2. The predicted molar refractivity (Wildman–Crippen MR) is 156 cm³/mol. The average Bonchev–Trinajstić information content (AvgIpc) is 3.08. The number of anilines is 2. The summed E-state index contributed by atoms with van der Waals surface area (Å²) in [6.07, 6.45) is 5.52. The Kier molecular flexibility index (Phi) is 8.28. The molecular weight excluding hydrogens is 559 g/mol. The van der Waals surface area contributed by atoms with E-state index < -0.39 is 21.4 Å². The van der Waals surface area contributed by atoms with E-state index in [1.54, 1.807) is 24.2 Å². The van der Waals surface area contributed by atoms with Crippen LogP contribution in [0.25, 0.3) is 22.0 Å². The number of hydrogen-bond donors (Lipinski definition) is 2. The fourth-order valence-corrected chi connectivity index (χ4v) is 5.83. The highest BCUT2D eigenvalue weighted by molar-refractivity contribution is 7.90. The van der Waals surface area contributed by atoms with Gasteiger partial charge in [-0.15, -0.1) is 12.4 Å². The minimum absolute atomic E-state index is 0. The molecule has 13 heteroatoms. The zero-order valence-electron chi connectivity index (χ0n) is 23.1. The van der Waals surface area contributed by atoms with Crippen molar-refractivity contribution in [1.82, 2.24) is 19.6 Å². The molecule has 40 heavy (non-hydrogen) atoms. The smallest absolute Gasteiger partial charge is 0.301 e. The number of hydrogen-bond acceptors (Lipinski definition) is 7. The molecule has 1 aliphatic carbocycles. The lowest BCUT2D eigenvalue weighted by Gasteiger charge is -2.37. The lowest BCUT2D eigenvalue weighted by atomic mass is 9.64. The van der Waals surface area contributed by atoms with Crippen LogP contribution in [0.3, 0.4) is 0 Å². The molecule has 216 valence electrons. The first-order valence-electron chi connectivity index (χ1n) is 12.9. The summed E-state index contributed by atoms with van der Waals surface area (Å²) in [7, 11) is 0.654. The van der Waals surface area contributed by atoms with Gasteiger partial charge in [-0.05, 0) is 25.0 Å². The van der Waals surface area contributed by atoms with Crippen molar-refractivity contribution in [2.45, 2.75) is 44.6 Å². The number of halogens is 2. The molecule has 5 rings (SSSR count). The Morgan fingerprint density at radius 2 is 1.90 bits per heavy atom. The molecule has 0 bridgehead atoms. The van der Waals surface area contributed by atoms with E-state index in [0.29, 0.717) is 23.0 Å². The minimum atomic E-state index is -3.89. The number of benzene rings is 1. The van der Waals surface area contributed by atoms with Gasteiger partial charge in [0.1, 0.15) is 18.1 Å². The third-order valence-corrected chi connectivity index (χ3v) is 8.91. The lowest BCUT2D eigenvalue weighted by Crippen LogP contribution is -2.43.